The fourth-order valence-electron chi connectivity index (χ4n) is 3.99. The van der Waals surface area contributed by atoms with E-state index in [9.17, 15) is 9.90 Å². The van der Waals surface area contributed by atoms with Crippen molar-refractivity contribution in [2.75, 3.05) is 6.54 Å². The molecule has 2 aromatic heterocycles. The van der Waals surface area contributed by atoms with E-state index in [0.717, 1.165) is 5.52 Å². The van der Waals surface area contributed by atoms with Crippen LogP contribution in [0.5, 0.6) is 5.88 Å². The average Bonchev–Trinajstić information content (AvgIpc) is 3.20. The molecule has 0 bridgehead atoms. The van der Waals surface area contributed by atoms with Crippen molar-refractivity contribution in [3.63, 3.8) is 0 Å². The first-order valence-corrected chi connectivity index (χ1v) is 12.1. The van der Waals surface area contributed by atoms with Crippen molar-refractivity contribution >= 4 is 25.0 Å². The van der Waals surface area contributed by atoms with Gasteiger partial charge in [0.2, 0.25) is 5.88 Å². The van der Waals surface area contributed by atoms with Crippen LogP contribution in [-0.4, -0.2) is 57.5 Å². The number of rotatable bonds is 6. The summed E-state index contributed by atoms with van der Waals surface area (Å²) in [6.45, 7) is 9.08. The van der Waals surface area contributed by atoms with Crippen LogP contribution in [0.15, 0.2) is 18.5 Å². The lowest BCUT2D eigenvalue weighted by atomic mass is 10.2. The number of aromatic nitrogens is 3. The van der Waals surface area contributed by atoms with Gasteiger partial charge in [-0.3, -0.25) is 0 Å². The third-order valence-electron chi connectivity index (χ3n) is 5.96. The number of carboxylic acid groups (broad SMARTS) is 1. The lowest BCUT2D eigenvalue weighted by molar-refractivity contribution is 0.136. The van der Waals surface area contributed by atoms with Gasteiger partial charge >= 0.3 is 6.09 Å². The van der Waals surface area contributed by atoms with Crippen LogP contribution in [0.3, 0.4) is 0 Å². The van der Waals surface area contributed by atoms with Crippen molar-refractivity contribution in [1.29, 1.82) is 0 Å². The van der Waals surface area contributed by atoms with Gasteiger partial charge in [-0.25, -0.2) is 14.3 Å². The second-order valence-corrected chi connectivity index (χ2v) is 12.4. The molecule has 1 aliphatic heterocycles. The molecule has 0 spiro atoms. The third-order valence-corrected chi connectivity index (χ3v) is 11.4. The molecule has 1 N–H and O–H groups in total. The van der Waals surface area contributed by atoms with Crippen LogP contribution in [0.4, 0.5) is 4.79 Å². The number of hydrogen-bond donors (Lipinski definition) is 1. The maximum atomic E-state index is 11.2. The van der Waals surface area contributed by atoms with Crippen LogP contribution in [-0.2, 0) is 0 Å². The molecule has 1 fully saturated rings. The van der Waals surface area contributed by atoms with Crippen LogP contribution in [0.2, 0.25) is 18.1 Å². The van der Waals surface area contributed by atoms with E-state index in [1.165, 1.54) is 28.3 Å². The van der Waals surface area contributed by atoms with E-state index in [1.807, 2.05) is 17.6 Å². The Balaban J connectivity index is 1.81. The lowest BCUT2D eigenvalue weighted by Crippen LogP contribution is -2.46. The third kappa shape index (κ3) is 3.30. The molecule has 0 saturated carbocycles. The zero-order valence-corrected chi connectivity index (χ0v) is 17.0. The van der Waals surface area contributed by atoms with Gasteiger partial charge in [0.05, 0.1) is 24.5 Å². The Bertz CT molecular complexity index is 782. The van der Waals surface area contributed by atoms with Crippen molar-refractivity contribution < 1.29 is 14.6 Å². The minimum Gasteiger partial charge on any atom is -0.471 e. The Labute approximate surface area is 155 Å². The number of carbonyl (C=O) groups is 1. The van der Waals surface area contributed by atoms with Crippen molar-refractivity contribution in [1.82, 2.24) is 19.5 Å². The number of fused-ring (bicyclic) bond motifs is 1. The molecule has 0 radical (unpaired) electrons. The molecule has 7 nitrogen and oxygen atoms in total. The van der Waals surface area contributed by atoms with E-state index in [4.69, 9.17) is 9.84 Å². The zero-order chi connectivity index (χ0) is 18.9. The predicted molar refractivity (Wildman–Crippen MR) is 103 cm³/mol. The van der Waals surface area contributed by atoms with Crippen molar-refractivity contribution in [2.45, 2.75) is 64.4 Å². The van der Waals surface area contributed by atoms with Crippen LogP contribution in [0.25, 0.3) is 5.52 Å². The molecular weight excluding hydrogens is 348 g/mol. The smallest absolute Gasteiger partial charge is 0.407 e. The van der Waals surface area contributed by atoms with Crippen LogP contribution in [0, 0.1) is 0 Å². The van der Waals surface area contributed by atoms with Crippen LogP contribution >= 0.6 is 0 Å². The van der Waals surface area contributed by atoms with Gasteiger partial charge in [0.15, 0.2) is 0 Å². The Hall–Kier alpha value is -2.09. The molecule has 142 valence electrons. The zero-order valence-electron chi connectivity index (χ0n) is 16.0. The number of amides is 1. The van der Waals surface area contributed by atoms with E-state index in [1.54, 1.807) is 6.20 Å². The van der Waals surface area contributed by atoms with Gasteiger partial charge in [0.1, 0.15) is 14.2 Å². The molecule has 0 unspecified atom stereocenters. The lowest BCUT2D eigenvalue weighted by Gasteiger charge is -2.25. The van der Waals surface area contributed by atoms with Gasteiger partial charge in [-0.2, -0.15) is 5.10 Å². The second-order valence-electron chi connectivity index (χ2n) is 7.23. The van der Waals surface area contributed by atoms with Gasteiger partial charge in [0, 0.05) is 17.8 Å². The molecule has 2 aromatic rings. The van der Waals surface area contributed by atoms with Crippen molar-refractivity contribution in [3.05, 3.63) is 18.5 Å². The molecule has 0 aromatic carbocycles. The first-order valence-electron chi connectivity index (χ1n) is 9.44. The van der Waals surface area contributed by atoms with Crippen LogP contribution < -0.4 is 10.1 Å². The normalized spacial score (nSPS) is 20.7. The Morgan fingerprint density at radius 3 is 2.62 bits per heavy atom. The molecule has 3 heterocycles. The fourth-order valence-corrected chi connectivity index (χ4v) is 7.35. The maximum absolute atomic E-state index is 11.2. The topological polar surface area (TPSA) is 80.0 Å². The van der Waals surface area contributed by atoms with E-state index in [0.29, 0.717) is 18.8 Å². The van der Waals surface area contributed by atoms with Gasteiger partial charge < -0.3 is 14.7 Å². The maximum Gasteiger partial charge on any atom is 0.407 e. The summed E-state index contributed by atoms with van der Waals surface area (Å²) in [6.07, 6.45) is 3.21. The SMILES string of the molecule is CC[Si](CC)(CC)c1cc2cnc(O[C@@H]3C[C@H](C)N(C(=O)O)C3)cn2n1. The molecule has 1 aliphatic rings. The number of likely N-dealkylation sites (tertiary alicyclic amines) is 1. The molecule has 1 amide bonds. The molecule has 26 heavy (non-hydrogen) atoms. The number of nitrogens with zero attached hydrogens (tertiary/aromatic N) is 4. The standard InChI is InChI=1S/C18H28N4O3Si/c1-5-26(6-2,7-3)17-9-14-10-19-16(12-22(14)20-17)25-15-8-13(4)21(11-15)18(23)24/h9-10,12-13,15H,5-8,11H2,1-4H3,(H,23,24)/t13-,15+/m0/s1. The summed E-state index contributed by atoms with van der Waals surface area (Å²) in [5.41, 5.74) is 0.978. The second kappa shape index (κ2) is 7.26. The van der Waals surface area contributed by atoms with Gasteiger partial charge in [-0.15, -0.1) is 0 Å². The number of hydrogen-bond acceptors (Lipinski definition) is 4. The largest absolute Gasteiger partial charge is 0.471 e. The summed E-state index contributed by atoms with van der Waals surface area (Å²) >= 11 is 0. The molecule has 2 atom stereocenters. The minimum absolute atomic E-state index is 0.0391. The summed E-state index contributed by atoms with van der Waals surface area (Å²) in [4.78, 5) is 17.0. The minimum atomic E-state index is -1.53. The van der Waals surface area contributed by atoms with E-state index >= 15 is 0 Å². The highest BCUT2D eigenvalue weighted by molar-refractivity contribution is 6.91. The average molecular weight is 377 g/mol. The highest BCUT2D eigenvalue weighted by Crippen LogP contribution is 2.23. The molecule has 8 heteroatoms. The van der Waals surface area contributed by atoms with Gasteiger partial charge in [-0.1, -0.05) is 38.9 Å². The Morgan fingerprint density at radius 2 is 2.04 bits per heavy atom. The number of ether oxygens (including phenoxy) is 1. The van der Waals surface area contributed by atoms with Crippen molar-refractivity contribution in [3.8, 4) is 5.88 Å². The summed E-state index contributed by atoms with van der Waals surface area (Å²) in [5, 5.41) is 15.3. The summed E-state index contributed by atoms with van der Waals surface area (Å²) < 4.78 is 7.80. The van der Waals surface area contributed by atoms with Crippen molar-refractivity contribution in [2.24, 2.45) is 0 Å². The van der Waals surface area contributed by atoms with Crippen LogP contribution in [0.1, 0.15) is 34.1 Å². The first-order chi connectivity index (χ1) is 12.4. The molecule has 3 rings (SSSR count). The summed E-state index contributed by atoms with van der Waals surface area (Å²) in [6, 6.07) is 5.69. The molecule has 1 saturated heterocycles. The Kier molecular flexibility index (Phi) is 5.22. The van der Waals surface area contributed by atoms with E-state index in [-0.39, 0.29) is 12.1 Å². The summed E-state index contributed by atoms with van der Waals surface area (Å²) in [5.74, 6) is 0.494. The molecular formula is C18H28N4O3Si. The fraction of sp³-hybridized carbons (Fsp3) is 0.611. The van der Waals surface area contributed by atoms with E-state index < -0.39 is 14.2 Å². The van der Waals surface area contributed by atoms with Gasteiger partial charge in [0.25, 0.3) is 0 Å². The quantitative estimate of drug-likeness (QED) is 0.784. The highest BCUT2D eigenvalue weighted by Gasteiger charge is 2.34. The predicted octanol–water partition coefficient (Wildman–Crippen LogP) is 2.96. The monoisotopic (exact) mass is 376 g/mol. The highest BCUT2D eigenvalue weighted by atomic mass is 28.3. The first kappa shape index (κ1) is 18.7. The summed E-state index contributed by atoms with van der Waals surface area (Å²) in [7, 11) is -1.53. The van der Waals surface area contributed by atoms with Gasteiger partial charge in [-0.05, 0) is 13.0 Å². The molecule has 0 aliphatic carbocycles. The Morgan fingerprint density at radius 1 is 1.35 bits per heavy atom. The van der Waals surface area contributed by atoms with E-state index in [2.05, 4.69) is 31.8 Å².